The first-order valence-electron chi connectivity index (χ1n) is 7.02. The Hall–Kier alpha value is -1.35. The molecule has 1 aliphatic rings. The molecule has 0 aliphatic carbocycles. The van der Waals surface area contributed by atoms with Gasteiger partial charge in [-0.05, 0) is 12.1 Å². The monoisotopic (exact) mass is 340 g/mol. The van der Waals surface area contributed by atoms with Crippen molar-refractivity contribution in [2.24, 2.45) is 0 Å². The number of ether oxygens (including phenoxy) is 1. The van der Waals surface area contributed by atoms with Crippen molar-refractivity contribution >= 4 is 29.0 Å². The van der Waals surface area contributed by atoms with Crippen LogP contribution in [0.3, 0.4) is 0 Å². The van der Waals surface area contributed by atoms with Crippen molar-refractivity contribution in [2.45, 2.75) is 12.6 Å². The van der Waals surface area contributed by atoms with Gasteiger partial charge in [0.1, 0.15) is 10.0 Å². The van der Waals surface area contributed by atoms with Crippen LogP contribution in [-0.4, -0.2) is 64.1 Å². The maximum absolute atomic E-state index is 6.07. The third-order valence-electron chi connectivity index (χ3n) is 3.53. The van der Waals surface area contributed by atoms with Crippen LogP contribution in [0.5, 0.6) is 0 Å². The second kappa shape index (κ2) is 7.28. The molecule has 0 unspecified atom stereocenters. The largest absolute Gasteiger partial charge is 0.374 e. The smallest absolute Gasteiger partial charge is 0.151 e. The summed E-state index contributed by atoms with van der Waals surface area (Å²) < 4.78 is 10.4. The second-order valence-corrected chi connectivity index (χ2v) is 6.54. The van der Waals surface area contributed by atoms with E-state index in [1.54, 1.807) is 6.20 Å². The number of halogens is 1. The van der Waals surface area contributed by atoms with Crippen LogP contribution in [0.4, 0.5) is 5.82 Å². The minimum atomic E-state index is 0.117. The summed E-state index contributed by atoms with van der Waals surface area (Å²) in [5.74, 6) is 0.843. The second-order valence-electron chi connectivity index (χ2n) is 5.18. The molecule has 0 spiro atoms. The standard InChI is InChI=1S/C13H17ClN6OS/c1-19(12-3-2-4-15-17-12)7-10-8-20(5-6-21-10)9-11-13(14)22-18-16-11/h2-4,10H,5-9H2,1H3/t10-/m1/s1. The molecule has 1 aliphatic heterocycles. The summed E-state index contributed by atoms with van der Waals surface area (Å²) in [6, 6.07) is 3.82. The highest BCUT2D eigenvalue weighted by atomic mass is 35.5. The molecule has 0 saturated carbocycles. The van der Waals surface area contributed by atoms with E-state index in [2.05, 4.69) is 29.6 Å². The van der Waals surface area contributed by atoms with E-state index in [9.17, 15) is 0 Å². The van der Waals surface area contributed by atoms with Crippen LogP contribution in [-0.2, 0) is 11.3 Å². The molecule has 0 bridgehead atoms. The van der Waals surface area contributed by atoms with Crippen LogP contribution in [0.1, 0.15) is 5.69 Å². The van der Waals surface area contributed by atoms with E-state index >= 15 is 0 Å². The van der Waals surface area contributed by atoms with Gasteiger partial charge in [-0.1, -0.05) is 16.1 Å². The van der Waals surface area contributed by atoms with Gasteiger partial charge in [-0.2, -0.15) is 5.10 Å². The van der Waals surface area contributed by atoms with E-state index in [1.807, 2.05) is 19.2 Å². The molecule has 0 amide bonds. The van der Waals surface area contributed by atoms with Crippen molar-refractivity contribution in [2.75, 3.05) is 38.2 Å². The summed E-state index contributed by atoms with van der Waals surface area (Å²) in [5, 5.41) is 12.1. The molecule has 1 saturated heterocycles. The van der Waals surface area contributed by atoms with Gasteiger partial charge in [-0.3, -0.25) is 4.90 Å². The van der Waals surface area contributed by atoms with E-state index in [-0.39, 0.29) is 6.10 Å². The highest BCUT2D eigenvalue weighted by molar-refractivity contribution is 7.10. The lowest BCUT2D eigenvalue weighted by atomic mass is 10.2. The van der Waals surface area contributed by atoms with Gasteiger partial charge in [0.25, 0.3) is 0 Å². The molecule has 1 fully saturated rings. The molecule has 2 aromatic heterocycles. The fourth-order valence-corrected chi connectivity index (χ4v) is 3.05. The first kappa shape index (κ1) is 15.5. The number of hydrogen-bond acceptors (Lipinski definition) is 8. The van der Waals surface area contributed by atoms with Gasteiger partial charge >= 0.3 is 0 Å². The predicted octanol–water partition coefficient (Wildman–Crippen LogP) is 1.32. The Morgan fingerprint density at radius 2 is 2.41 bits per heavy atom. The number of hydrogen-bond donors (Lipinski definition) is 0. The van der Waals surface area contributed by atoms with Crippen LogP contribution in [0.2, 0.25) is 4.34 Å². The lowest BCUT2D eigenvalue weighted by Crippen LogP contribution is -2.46. The van der Waals surface area contributed by atoms with Crippen molar-refractivity contribution in [3.05, 3.63) is 28.4 Å². The Labute approximate surface area is 138 Å². The predicted molar refractivity (Wildman–Crippen MR) is 85.2 cm³/mol. The number of anilines is 1. The van der Waals surface area contributed by atoms with E-state index in [1.165, 1.54) is 11.5 Å². The number of aromatic nitrogens is 4. The summed E-state index contributed by atoms with van der Waals surface area (Å²) in [7, 11) is 1.99. The third kappa shape index (κ3) is 3.89. The maximum Gasteiger partial charge on any atom is 0.151 e. The van der Waals surface area contributed by atoms with Gasteiger partial charge in [0.2, 0.25) is 0 Å². The molecule has 0 N–H and O–H groups in total. The van der Waals surface area contributed by atoms with Crippen molar-refractivity contribution < 1.29 is 4.74 Å². The van der Waals surface area contributed by atoms with Gasteiger partial charge in [-0.25, -0.2) is 0 Å². The first-order chi connectivity index (χ1) is 10.7. The average molecular weight is 341 g/mol. The van der Waals surface area contributed by atoms with Crippen molar-refractivity contribution in [1.82, 2.24) is 24.7 Å². The molecule has 22 heavy (non-hydrogen) atoms. The maximum atomic E-state index is 6.07. The van der Waals surface area contributed by atoms with Crippen molar-refractivity contribution in [3.8, 4) is 0 Å². The molecular formula is C13H17ClN6OS. The highest BCUT2D eigenvalue weighted by Gasteiger charge is 2.23. The summed E-state index contributed by atoms with van der Waals surface area (Å²) >= 11 is 7.30. The normalized spacial score (nSPS) is 19.3. The molecule has 7 nitrogen and oxygen atoms in total. The quantitative estimate of drug-likeness (QED) is 0.813. The van der Waals surface area contributed by atoms with Gasteiger partial charge in [0.15, 0.2) is 5.82 Å². The Bertz CT molecular complexity index is 597. The van der Waals surface area contributed by atoms with Gasteiger partial charge in [0, 0.05) is 51.0 Å². The zero-order valence-electron chi connectivity index (χ0n) is 12.2. The van der Waals surface area contributed by atoms with Crippen molar-refractivity contribution in [1.29, 1.82) is 0 Å². The SMILES string of the molecule is CN(C[C@@H]1CN(Cc2nnsc2Cl)CCO1)c1cccnn1. The summed E-state index contributed by atoms with van der Waals surface area (Å²) in [6.45, 7) is 3.88. The van der Waals surface area contributed by atoms with E-state index in [0.29, 0.717) is 17.5 Å². The molecule has 0 aromatic carbocycles. The lowest BCUT2D eigenvalue weighted by molar-refractivity contribution is -0.0268. The molecule has 9 heteroatoms. The minimum absolute atomic E-state index is 0.117. The van der Waals surface area contributed by atoms with Crippen LogP contribution < -0.4 is 4.90 Å². The number of rotatable bonds is 5. The van der Waals surface area contributed by atoms with Gasteiger partial charge in [0.05, 0.1) is 12.7 Å². The molecule has 118 valence electrons. The van der Waals surface area contributed by atoms with Crippen LogP contribution in [0.15, 0.2) is 18.3 Å². The first-order valence-corrected chi connectivity index (χ1v) is 8.17. The van der Waals surface area contributed by atoms with Crippen LogP contribution in [0.25, 0.3) is 0 Å². The van der Waals surface area contributed by atoms with Crippen molar-refractivity contribution in [3.63, 3.8) is 0 Å². The van der Waals surface area contributed by atoms with Gasteiger partial charge in [-0.15, -0.1) is 10.2 Å². The third-order valence-corrected chi connectivity index (χ3v) is 4.52. The van der Waals surface area contributed by atoms with E-state index in [0.717, 1.165) is 31.1 Å². The molecule has 3 rings (SSSR count). The van der Waals surface area contributed by atoms with Gasteiger partial charge < -0.3 is 9.64 Å². The molecule has 3 heterocycles. The Morgan fingerprint density at radius 1 is 1.50 bits per heavy atom. The highest BCUT2D eigenvalue weighted by Crippen LogP contribution is 2.20. The number of nitrogens with zero attached hydrogens (tertiary/aromatic N) is 6. The fraction of sp³-hybridized carbons (Fsp3) is 0.538. The van der Waals surface area contributed by atoms with Crippen LogP contribution >= 0.6 is 23.1 Å². The molecule has 1 atom stereocenters. The zero-order valence-corrected chi connectivity index (χ0v) is 13.8. The fourth-order valence-electron chi connectivity index (χ4n) is 2.43. The average Bonchev–Trinajstić information content (AvgIpc) is 2.94. The molecular weight excluding hydrogens is 324 g/mol. The number of morpholine rings is 1. The Balaban J connectivity index is 1.55. The topological polar surface area (TPSA) is 67.3 Å². The molecule has 0 radical (unpaired) electrons. The summed E-state index contributed by atoms with van der Waals surface area (Å²) in [5.41, 5.74) is 0.842. The van der Waals surface area contributed by atoms with E-state index < -0.39 is 0 Å². The number of likely N-dealkylation sites (N-methyl/N-ethyl adjacent to an activating group) is 1. The van der Waals surface area contributed by atoms with Crippen LogP contribution in [0, 0.1) is 0 Å². The summed E-state index contributed by atoms with van der Waals surface area (Å²) in [4.78, 5) is 4.35. The Morgan fingerprint density at radius 3 is 3.14 bits per heavy atom. The zero-order chi connectivity index (χ0) is 15.4. The summed E-state index contributed by atoms with van der Waals surface area (Å²) in [6.07, 6.45) is 1.79. The van der Waals surface area contributed by atoms with E-state index in [4.69, 9.17) is 16.3 Å². The molecule has 2 aromatic rings. The lowest BCUT2D eigenvalue weighted by Gasteiger charge is -2.34. The minimum Gasteiger partial charge on any atom is -0.374 e. The Kier molecular flexibility index (Phi) is 5.14.